The lowest BCUT2D eigenvalue weighted by Crippen LogP contribution is -2.37. The van der Waals surface area contributed by atoms with E-state index in [2.05, 4.69) is 20.6 Å². The first-order valence-electron chi connectivity index (χ1n) is 5.99. The zero-order chi connectivity index (χ0) is 12.3. The Kier molecular flexibility index (Phi) is 3.68. The van der Waals surface area contributed by atoms with Gasteiger partial charge >= 0.3 is 0 Å². The molecule has 1 aliphatic heterocycles. The number of hydrogen-bond donors (Lipinski definition) is 2. The molecule has 2 rings (SSSR count). The van der Waals surface area contributed by atoms with Crippen molar-refractivity contribution in [3.63, 3.8) is 0 Å². The highest BCUT2D eigenvalue weighted by molar-refractivity contribution is 5.91. The molecule has 1 saturated heterocycles. The quantitative estimate of drug-likeness (QED) is 0.802. The summed E-state index contributed by atoms with van der Waals surface area (Å²) in [5.41, 5.74) is 1.74. The molecule has 1 unspecified atom stereocenters. The molecule has 1 fully saturated rings. The standard InChI is InChI=1S/C12H18N4O/c1-8-6-9(2)15-12(14-8)16-11(17)10-4-3-5-13-7-10/h6,10,13H,3-5,7H2,1-2H3,(H,14,15,16,17). The lowest BCUT2D eigenvalue weighted by molar-refractivity contribution is -0.120. The molecular weight excluding hydrogens is 216 g/mol. The summed E-state index contributed by atoms with van der Waals surface area (Å²) in [7, 11) is 0. The number of piperidine rings is 1. The lowest BCUT2D eigenvalue weighted by atomic mass is 9.99. The summed E-state index contributed by atoms with van der Waals surface area (Å²) in [6.45, 7) is 5.54. The third-order valence-corrected chi connectivity index (χ3v) is 2.88. The van der Waals surface area contributed by atoms with Gasteiger partial charge in [0.2, 0.25) is 11.9 Å². The monoisotopic (exact) mass is 234 g/mol. The van der Waals surface area contributed by atoms with Gasteiger partial charge in [-0.3, -0.25) is 10.1 Å². The minimum atomic E-state index is 0.0159. The Bertz CT molecular complexity index is 393. The topological polar surface area (TPSA) is 66.9 Å². The molecule has 5 heteroatoms. The van der Waals surface area contributed by atoms with Crippen molar-refractivity contribution < 1.29 is 4.79 Å². The predicted molar refractivity (Wildman–Crippen MR) is 65.7 cm³/mol. The molecule has 1 aromatic rings. The van der Waals surface area contributed by atoms with E-state index < -0.39 is 0 Å². The van der Waals surface area contributed by atoms with Crippen LogP contribution in [0.2, 0.25) is 0 Å². The van der Waals surface area contributed by atoms with Gasteiger partial charge in [0.15, 0.2) is 0 Å². The van der Waals surface area contributed by atoms with E-state index in [1.54, 1.807) is 0 Å². The number of carbonyl (C=O) groups excluding carboxylic acids is 1. The summed E-state index contributed by atoms with van der Waals surface area (Å²) in [6.07, 6.45) is 1.98. The first-order valence-corrected chi connectivity index (χ1v) is 5.99. The van der Waals surface area contributed by atoms with E-state index in [0.717, 1.165) is 37.3 Å². The smallest absolute Gasteiger partial charge is 0.231 e. The molecule has 17 heavy (non-hydrogen) atoms. The molecule has 92 valence electrons. The lowest BCUT2D eigenvalue weighted by Gasteiger charge is -2.21. The molecule has 0 aliphatic carbocycles. The predicted octanol–water partition coefficient (Wildman–Crippen LogP) is 1.03. The second kappa shape index (κ2) is 5.23. The Morgan fingerprint density at radius 3 is 2.71 bits per heavy atom. The molecule has 1 atom stereocenters. The van der Waals surface area contributed by atoms with Gasteiger partial charge in [-0.1, -0.05) is 0 Å². The van der Waals surface area contributed by atoms with Crippen LogP contribution in [0.5, 0.6) is 0 Å². The van der Waals surface area contributed by atoms with Crippen molar-refractivity contribution in [3.05, 3.63) is 17.5 Å². The molecule has 5 nitrogen and oxygen atoms in total. The SMILES string of the molecule is Cc1cc(C)nc(NC(=O)C2CCCNC2)n1. The van der Waals surface area contributed by atoms with E-state index in [4.69, 9.17) is 0 Å². The Morgan fingerprint density at radius 2 is 2.12 bits per heavy atom. The second-order valence-electron chi connectivity index (χ2n) is 4.51. The van der Waals surface area contributed by atoms with Crippen LogP contribution in [0, 0.1) is 19.8 Å². The van der Waals surface area contributed by atoms with Gasteiger partial charge in [-0.15, -0.1) is 0 Å². The van der Waals surface area contributed by atoms with Crippen LogP contribution in [0.15, 0.2) is 6.07 Å². The van der Waals surface area contributed by atoms with Crippen LogP contribution in [0.4, 0.5) is 5.95 Å². The first kappa shape index (κ1) is 12.0. The minimum absolute atomic E-state index is 0.0159. The van der Waals surface area contributed by atoms with Crippen LogP contribution in [0.25, 0.3) is 0 Å². The maximum atomic E-state index is 12.0. The molecule has 0 bridgehead atoms. The average molecular weight is 234 g/mol. The van der Waals surface area contributed by atoms with Gasteiger partial charge < -0.3 is 5.32 Å². The molecule has 0 aromatic carbocycles. The third kappa shape index (κ3) is 3.23. The molecule has 1 amide bonds. The summed E-state index contributed by atoms with van der Waals surface area (Å²) in [5.74, 6) is 0.466. The number of aromatic nitrogens is 2. The van der Waals surface area contributed by atoms with Gasteiger partial charge in [0.1, 0.15) is 0 Å². The summed E-state index contributed by atoms with van der Waals surface area (Å²) < 4.78 is 0. The first-order chi connectivity index (χ1) is 8.15. The van der Waals surface area contributed by atoms with Crippen LogP contribution in [-0.2, 0) is 4.79 Å². The van der Waals surface area contributed by atoms with E-state index >= 15 is 0 Å². The molecule has 1 aromatic heterocycles. The number of nitrogens with zero attached hydrogens (tertiary/aromatic N) is 2. The van der Waals surface area contributed by atoms with Crippen molar-refractivity contribution in [1.29, 1.82) is 0 Å². The molecule has 1 aliphatic rings. The number of hydrogen-bond acceptors (Lipinski definition) is 4. The number of anilines is 1. The Labute approximate surface area is 101 Å². The van der Waals surface area contributed by atoms with Crippen molar-refractivity contribution in [1.82, 2.24) is 15.3 Å². The molecule has 0 saturated carbocycles. The number of rotatable bonds is 2. The zero-order valence-electron chi connectivity index (χ0n) is 10.3. The van der Waals surface area contributed by atoms with Crippen LogP contribution in [0.1, 0.15) is 24.2 Å². The Hall–Kier alpha value is -1.49. The van der Waals surface area contributed by atoms with Crippen molar-refractivity contribution in [2.24, 2.45) is 5.92 Å². The minimum Gasteiger partial charge on any atom is -0.316 e. The number of carbonyl (C=O) groups is 1. The van der Waals surface area contributed by atoms with Crippen molar-refractivity contribution in [3.8, 4) is 0 Å². The Morgan fingerprint density at radius 1 is 1.41 bits per heavy atom. The molecule has 2 heterocycles. The summed E-state index contributed by atoms with van der Waals surface area (Å²) in [4.78, 5) is 20.4. The fourth-order valence-electron chi connectivity index (χ4n) is 2.07. The maximum Gasteiger partial charge on any atom is 0.231 e. The van der Waals surface area contributed by atoms with Crippen molar-refractivity contribution >= 4 is 11.9 Å². The summed E-state index contributed by atoms with van der Waals surface area (Å²) in [6, 6.07) is 1.89. The van der Waals surface area contributed by atoms with Gasteiger partial charge in [0.25, 0.3) is 0 Å². The largest absolute Gasteiger partial charge is 0.316 e. The van der Waals surface area contributed by atoms with Crippen molar-refractivity contribution in [2.75, 3.05) is 18.4 Å². The van der Waals surface area contributed by atoms with Crippen LogP contribution in [0.3, 0.4) is 0 Å². The van der Waals surface area contributed by atoms with Crippen molar-refractivity contribution in [2.45, 2.75) is 26.7 Å². The highest BCUT2D eigenvalue weighted by Crippen LogP contribution is 2.12. The fraction of sp³-hybridized carbons (Fsp3) is 0.583. The van der Waals surface area contributed by atoms with Crippen LogP contribution < -0.4 is 10.6 Å². The van der Waals surface area contributed by atoms with Gasteiger partial charge in [-0.05, 0) is 39.3 Å². The highest BCUT2D eigenvalue weighted by atomic mass is 16.2. The van der Waals surface area contributed by atoms with E-state index in [1.807, 2.05) is 19.9 Å². The molecule has 2 N–H and O–H groups in total. The van der Waals surface area contributed by atoms with E-state index in [-0.39, 0.29) is 11.8 Å². The summed E-state index contributed by atoms with van der Waals surface area (Å²) in [5, 5.41) is 6.01. The zero-order valence-corrected chi connectivity index (χ0v) is 10.3. The summed E-state index contributed by atoms with van der Waals surface area (Å²) >= 11 is 0. The van der Waals surface area contributed by atoms with Gasteiger partial charge in [-0.2, -0.15) is 0 Å². The van der Waals surface area contributed by atoms with Gasteiger partial charge in [0, 0.05) is 17.9 Å². The number of aryl methyl sites for hydroxylation is 2. The number of amides is 1. The maximum absolute atomic E-state index is 12.0. The highest BCUT2D eigenvalue weighted by Gasteiger charge is 2.21. The average Bonchev–Trinajstić information content (AvgIpc) is 2.28. The molecule has 0 radical (unpaired) electrons. The second-order valence-corrected chi connectivity index (χ2v) is 4.51. The van der Waals surface area contributed by atoms with E-state index in [9.17, 15) is 4.79 Å². The van der Waals surface area contributed by atoms with Gasteiger partial charge in [-0.25, -0.2) is 9.97 Å². The number of nitrogens with one attached hydrogen (secondary N) is 2. The van der Waals surface area contributed by atoms with E-state index in [1.165, 1.54) is 0 Å². The van der Waals surface area contributed by atoms with Crippen LogP contribution in [-0.4, -0.2) is 29.0 Å². The third-order valence-electron chi connectivity index (χ3n) is 2.88. The van der Waals surface area contributed by atoms with E-state index in [0.29, 0.717) is 5.95 Å². The Balaban J connectivity index is 2.01. The molecule has 0 spiro atoms. The normalized spacial score (nSPS) is 20.0. The van der Waals surface area contributed by atoms with Gasteiger partial charge in [0.05, 0.1) is 5.92 Å². The molecular formula is C12H18N4O. The fourth-order valence-corrected chi connectivity index (χ4v) is 2.07. The van der Waals surface area contributed by atoms with Crippen LogP contribution >= 0.6 is 0 Å².